The van der Waals surface area contributed by atoms with Crippen LogP contribution in [0.1, 0.15) is 316 Å². The highest BCUT2D eigenvalue weighted by Gasteiger charge is 2.19. The lowest BCUT2D eigenvalue weighted by Crippen LogP contribution is -2.30. The number of esters is 3. The van der Waals surface area contributed by atoms with E-state index in [2.05, 4.69) is 93.7 Å². The fraction of sp³-hybridized carbons (Fsp3) is 0.776. The van der Waals surface area contributed by atoms with E-state index in [1.165, 1.54) is 205 Å². The first kappa shape index (κ1) is 69.8. The Balaban J connectivity index is 4.43. The number of unbranched alkanes of at least 4 members (excludes halogenated alkanes) is 34. The zero-order chi connectivity index (χ0) is 52.9. The van der Waals surface area contributed by atoms with Crippen molar-refractivity contribution in [2.45, 2.75) is 322 Å². The van der Waals surface area contributed by atoms with Gasteiger partial charge >= 0.3 is 17.9 Å². The summed E-state index contributed by atoms with van der Waals surface area (Å²) in [5.74, 6) is -0.940. The zero-order valence-electron chi connectivity index (χ0n) is 48.4. The summed E-state index contributed by atoms with van der Waals surface area (Å²) in [6.45, 7) is 6.59. The number of ether oxygens (including phenoxy) is 3. The highest BCUT2D eigenvalue weighted by atomic mass is 16.6. The molecular weight excluding hydrogens is 901 g/mol. The van der Waals surface area contributed by atoms with Crippen LogP contribution in [0.2, 0.25) is 0 Å². The van der Waals surface area contributed by atoms with Gasteiger partial charge in [-0.25, -0.2) is 0 Å². The summed E-state index contributed by atoms with van der Waals surface area (Å²) in [4.78, 5) is 38.3. The minimum Gasteiger partial charge on any atom is -0.462 e. The van der Waals surface area contributed by atoms with Gasteiger partial charge in [-0.3, -0.25) is 14.4 Å². The Kier molecular flexibility index (Phi) is 58.7. The molecule has 0 spiro atoms. The SMILES string of the molecule is CCCCC/C=C\C/C=C\CCCCCCCCCCCC(=O)O[C@@H](COC(=O)CCC/C=C\C/C=C\C/C=C\CCCCCCCC)COC(=O)CCCCCCCCCCC/C=C\CCCCCCCC. The van der Waals surface area contributed by atoms with E-state index in [4.69, 9.17) is 14.2 Å². The lowest BCUT2D eigenvalue weighted by Gasteiger charge is -2.18. The summed E-state index contributed by atoms with van der Waals surface area (Å²) >= 11 is 0. The van der Waals surface area contributed by atoms with Crippen molar-refractivity contribution in [3.05, 3.63) is 72.9 Å². The van der Waals surface area contributed by atoms with Crippen LogP contribution in [0, 0.1) is 0 Å². The van der Waals surface area contributed by atoms with Crippen LogP contribution >= 0.6 is 0 Å². The maximum Gasteiger partial charge on any atom is 0.306 e. The minimum atomic E-state index is -0.800. The Labute approximate surface area is 453 Å². The number of allylic oxidation sites excluding steroid dienone is 12. The van der Waals surface area contributed by atoms with Crippen molar-refractivity contribution >= 4 is 17.9 Å². The third-order valence-electron chi connectivity index (χ3n) is 13.7. The summed E-state index contributed by atoms with van der Waals surface area (Å²) in [6.07, 6.45) is 79.0. The molecule has 0 rings (SSSR count). The average Bonchev–Trinajstić information content (AvgIpc) is 3.39. The van der Waals surface area contributed by atoms with Gasteiger partial charge in [-0.2, -0.15) is 0 Å². The maximum absolute atomic E-state index is 12.9. The van der Waals surface area contributed by atoms with Crippen molar-refractivity contribution in [1.29, 1.82) is 0 Å². The van der Waals surface area contributed by atoms with E-state index in [-0.39, 0.29) is 37.5 Å². The van der Waals surface area contributed by atoms with Crippen LogP contribution in [0.15, 0.2) is 72.9 Å². The Bertz CT molecular complexity index is 1360. The van der Waals surface area contributed by atoms with Crippen LogP contribution in [0.5, 0.6) is 0 Å². The summed E-state index contributed by atoms with van der Waals surface area (Å²) < 4.78 is 16.9. The third kappa shape index (κ3) is 59.6. The van der Waals surface area contributed by atoms with Gasteiger partial charge in [0.05, 0.1) is 0 Å². The molecule has 0 aromatic carbocycles. The van der Waals surface area contributed by atoms with Crippen molar-refractivity contribution in [3.8, 4) is 0 Å². The molecule has 422 valence electrons. The number of carbonyl (C=O) groups is 3. The molecule has 0 aromatic heterocycles. The summed E-state index contributed by atoms with van der Waals surface area (Å²) in [5.41, 5.74) is 0. The van der Waals surface area contributed by atoms with Crippen LogP contribution < -0.4 is 0 Å². The molecule has 6 nitrogen and oxygen atoms in total. The fourth-order valence-electron chi connectivity index (χ4n) is 8.90. The Morgan fingerprint density at radius 2 is 0.507 bits per heavy atom. The molecule has 0 aromatic rings. The van der Waals surface area contributed by atoms with Gasteiger partial charge in [0, 0.05) is 19.3 Å². The lowest BCUT2D eigenvalue weighted by molar-refractivity contribution is -0.167. The predicted octanol–water partition coefficient (Wildman–Crippen LogP) is 21.3. The smallest absolute Gasteiger partial charge is 0.306 e. The molecule has 0 radical (unpaired) electrons. The summed E-state index contributed by atoms with van der Waals surface area (Å²) in [7, 11) is 0. The van der Waals surface area contributed by atoms with Gasteiger partial charge in [-0.05, 0) is 109 Å². The highest BCUT2D eigenvalue weighted by Crippen LogP contribution is 2.16. The molecule has 0 aliphatic rings. The predicted molar refractivity (Wildman–Crippen MR) is 316 cm³/mol. The van der Waals surface area contributed by atoms with E-state index >= 15 is 0 Å². The van der Waals surface area contributed by atoms with Crippen molar-refractivity contribution < 1.29 is 28.6 Å². The highest BCUT2D eigenvalue weighted by molar-refractivity contribution is 5.71. The largest absolute Gasteiger partial charge is 0.462 e. The Hall–Kier alpha value is -3.15. The first-order chi connectivity index (χ1) is 36.0. The molecule has 0 aliphatic heterocycles. The van der Waals surface area contributed by atoms with Crippen LogP contribution in [0.25, 0.3) is 0 Å². The van der Waals surface area contributed by atoms with E-state index in [1.807, 2.05) is 0 Å². The molecule has 6 heteroatoms. The number of rotatable bonds is 57. The number of hydrogen-bond donors (Lipinski definition) is 0. The molecule has 0 unspecified atom stereocenters. The van der Waals surface area contributed by atoms with Crippen molar-refractivity contribution in [2.75, 3.05) is 13.2 Å². The number of hydrogen-bond acceptors (Lipinski definition) is 6. The van der Waals surface area contributed by atoms with Gasteiger partial charge in [0.15, 0.2) is 6.10 Å². The van der Waals surface area contributed by atoms with E-state index in [9.17, 15) is 14.4 Å². The third-order valence-corrected chi connectivity index (χ3v) is 13.7. The topological polar surface area (TPSA) is 78.9 Å². The lowest BCUT2D eigenvalue weighted by atomic mass is 10.1. The van der Waals surface area contributed by atoms with Gasteiger partial charge in [-0.1, -0.05) is 261 Å². The summed E-state index contributed by atoms with van der Waals surface area (Å²) in [6, 6.07) is 0. The molecule has 0 fully saturated rings. The molecule has 0 saturated heterocycles. The van der Waals surface area contributed by atoms with Crippen molar-refractivity contribution in [2.24, 2.45) is 0 Å². The van der Waals surface area contributed by atoms with Gasteiger partial charge in [0.25, 0.3) is 0 Å². The second-order valence-corrected chi connectivity index (χ2v) is 21.0. The van der Waals surface area contributed by atoms with Crippen LogP contribution in [-0.2, 0) is 28.6 Å². The van der Waals surface area contributed by atoms with Crippen LogP contribution in [-0.4, -0.2) is 37.2 Å². The van der Waals surface area contributed by atoms with Crippen molar-refractivity contribution in [3.63, 3.8) is 0 Å². The molecule has 0 bridgehead atoms. The van der Waals surface area contributed by atoms with E-state index in [0.717, 1.165) is 64.2 Å². The first-order valence-electron chi connectivity index (χ1n) is 31.4. The Morgan fingerprint density at radius 1 is 0.274 bits per heavy atom. The quantitative estimate of drug-likeness (QED) is 0.0261. The molecule has 0 heterocycles. The van der Waals surface area contributed by atoms with Crippen LogP contribution in [0.3, 0.4) is 0 Å². The normalized spacial score (nSPS) is 12.5. The van der Waals surface area contributed by atoms with Crippen molar-refractivity contribution in [1.82, 2.24) is 0 Å². The molecular formula is C67H118O6. The standard InChI is InChI=1S/C67H118O6/c1-4-7-10-13-16-19-22-25-28-31-33-36-39-42-45-48-51-54-57-60-66(69)72-63-64(62-71-65(68)59-56-53-50-47-44-41-38-35-30-27-24-21-18-15-12-9-6-3)73-67(70)61-58-55-52-49-46-43-40-37-34-32-29-26-23-20-17-14-11-8-5-2/h17,20,25-30,38,41,47,50,64H,4-16,18-19,21-24,31-37,39-40,42-46,48-49,51-63H2,1-3H3/b20-17-,28-25-,29-26-,30-27-,41-38-,50-47-/t64-/m0/s1. The first-order valence-corrected chi connectivity index (χ1v) is 31.4. The van der Waals surface area contributed by atoms with E-state index in [1.54, 1.807) is 0 Å². The van der Waals surface area contributed by atoms with Gasteiger partial charge in [0.1, 0.15) is 13.2 Å². The molecule has 0 N–H and O–H groups in total. The van der Waals surface area contributed by atoms with Gasteiger partial charge in [0.2, 0.25) is 0 Å². The second kappa shape index (κ2) is 61.4. The molecule has 0 aliphatic carbocycles. The zero-order valence-corrected chi connectivity index (χ0v) is 48.4. The molecule has 73 heavy (non-hydrogen) atoms. The monoisotopic (exact) mass is 1020 g/mol. The summed E-state index contributed by atoms with van der Waals surface area (Å²) in [5, 5.41) is 0. The minimum absolute atomic E-state index is 0.0925. The Morgan fingerprint density at radius 3 is 0.863 bits per heavy atom. The maximum atomic E-state index is 12.9. The van der Waals surface area contributed by atoms with Gasteiger partial charge in [-0.15, -0.1) is 0 Å². The average molecular weight is 1020 g/mol. The number of carbonyl (C=O) groups excluding carboxylic acids is 3. The van der Waals surface area contributed by atoms with Gasteiger partial charge < -0.3 is 14.2 Å². The van der Waals surface area contributed by atoms with Crippen LogP contribution in [0.4, 0.5) is 0 Å². The fourth-order valence-corrected chi connectivity index (χ4v) is 8.90. The molecule has 0 saturated carbocycles. The van der Waals surface area contributed by atoms with E-state index < -0.39 is 6.10 Å². The molecule has 0 amide bonds. The second-order valence-electron chi connectivity index (χ2n) is 21.0. The van der Waals surface area contributed by atoms with E-state index in [0.29, 0.717) is 19.3 Å². The molecule has 1 atom stereocenters.